The molecule has 1 aliphatic heterocycles. The van der Waals surface area contributed by atoms with E-state index in [9.17, 15) is 4.79 Å². The van der Waals surface area contributed by atoms with Crippen LogP contribution in [0.4, 0.5) is 0 Å². The first-order valence-corrected chi connectivity index (χ1v) is 6.79. The maximum atomic E-state index is 12.2. The van der Waals surface area contributed by atoms with E-state index in [0.29, 0.717) is 11.5 Å². The number of fused-ring (bicyclic) bond motifs is 1. The predicted molar refractivity (Wildman–Crippen MR) is 82.4 cm³/mol. The zero-order valence-electron chi connectivity index (χ0n) is 12.0. The van der Waals surface area contributed by atoms with Crippen LogP contribution in [0.15, 0.2) is 61.2 Å². The van der Waals surface area contributed by atoms with Crippen molar-refractivity contribution in [1.82, 2.24) is 5.32 Å². The van der Waals surface area contributed by atoms with Crippen LogP contribution in [-0.4, -0.2) is 24.7 Å². The van der Waals surface area contributed by atoms with Gasteiger partial charge in [-0.05, 0) is 24.6 Å². The van der Waals surface area contributed by atoms with Crippen LogP contribution >= 0.6 is 0 Å². The second kappa shape index (κ2) is 6.79. The zero-order valence-corrected chi connectivity index (χ0v) is 12.0. The minimum Gasteiger partial charge on any atom is -0.485 e. The average Bonchev–Trinajstić information content (AvgIpc) is 2.51. The number of ether oxygens (including phenoxy) is 2. The van der Waals surface area contributed by atoms with E-state index in [1.165, 1.54) is 0 Å². The van der Waals surface area contributed by atoms with E-state index in [2.05, 4.69) is 18.5 Å². The van der Waals surface area contributed by atoms with Crippen LogP contribution in [0.25, 0.3) is 0 Å². The first kappa shape index (κ1) is 14.9. The summed E-state index contributed by atoms with van der Waals surface area (Å²) in [4.78, 5) is 12.2. The van der Waals surface area contributed by atoms with Crippen molar-refractivity contribution in [3.05, 3.63) is 61.2 Å². The molecule has 0 bridgehead atoms. The van der Waals surface area contributed by atoms with Crippen molar-refractivity contribution >= 4 is 5.91 Å². The molecule has 0 radical (unpaired) electrons. The summed E-state index contributed by atoms with van der Waals surface area (Å²) < 4.78 is 11.2. The summed E-state index contributed by atoms with van der Waals surface area (Å²) in [6.07, 6.45) is 4.51. The first-order chi connectivity index (χ1) is 10.2. The summed E-state index contributed by atoms with van der Waals surface area (Å²) in [5.74, 6) is 1.03. The van der Waals surface area contributed by atoms with E-state index in [1.54, 1.807) is 18.2 Å². The van der Waals surface area contributed by atoms with E-state index in [4.69, 9.17) is 9.47 Å². The number of carbonyl (C=O) groups excluding carboxylic acids is 1. The highest BCUT2D eigenvalue weighted by Gasteiger charge is 2.28. The van der Waals surface area contributed by atoms with Crippen LogP contribution in [0.3, 0.4) is 0 Å². The summed E-state index contributed by atoms with van der Waals surface area (Å²) in [6.45, 7) is 9.45. The Hall–Kier alpha value is -2.49. The number of allylic oxidation sites excluding steroid dienone is 2. The lowest BCUT2D eigenvalue weighted by Crippen LogP contribution is -2.47. The van der Waals surface area contributed by atoms with Gasteiger partial charge in [-0.3, -0.25) is 4.79 Å². The number of carbonyl (C=O) groups is 1. The van der Waals surface area contributed by atoms with Crippen molar-refractivity contribution in [2.75, 3.05) is 6.61 Å². The third kappa shape index (κ3) is 3.54. The molecule has 1 amide bonds. The molecule has 1 aromatic rings. The van der Waals surface area contributed by atoms with Gasteiger partial charge in [0, 0.05) is 0 Å². The second-order valence-electron chi connectivity index (χ2n) is 4.70. The van der Waals surface area contributed by atoms with Crippen molar-refractivity contribution in [1.29, 1.82) is 0 Å². The Bertz CT molecular complexity index is 577. The quantitative estimate of drug-likeness (QED) is 0.846. The molecular weight excluding hydrogens is 266 g/mol. The number of hydrogen-bond donors (Lipinski definition) is 1. The fourth-order valence-electron chi connectivity index (χ4n) is 2.06. The SMILES string of the molecule is C=C/C=C(\C=C)[C@@H](C)NC(=O)[C@H]1COc2ccccc2O1. The molecule has 2 rings (SSSR count). The Morgan fingerprint density at radius 2 is 2.10 bits per heavy atom. The van der Waals surface area contributed by atoms with Crippen molar-refractivity contribution in [2.24, 2.45) is 0 Å². The van der Waals surface area contributed by atoms with Crippen LogP contribution in [0.5, 0.6) is 11.5 Å². The molecule has 1 aliphatic rings. The van der Waals surface area contributed by atoms with Crippen molar-refractivity contribution < 1.29 is 14.3 Å². The molecule has 0 fully saturated rings. The van der Waals surface area contributed by atoms with Gasteiger partial charge < -0.3 is 14.8 Å². The lowest BCUT2D eigenvalue weighted by molar-refractivity contribution is -0.130. The Morgan fingerprint density at radius 3 is 2.76 bits per heavy atom. The molecular formula is C17H19NO3. The highest BCUT2D eigenvalue weighted by Crippen LogP contribution is 2.30. The third-order valence-electron chi connectivity index (χ3n) is 3.21. The first-order valence-electron chi connectivity index (χ1n) is 6.79. The fourth-order valence-corrected chi connectivity index (χ4v) is 2.06. The van der Waals surface area contributed by atoms with Crippen molar-refractivity contribution in [3.63, 3.8) is 0 Å². The molecule has 0 spiro atoms. The molecule has 1 aromatic carbocycles. The van der Waals surface area contributed by atoms with E-state index in [0.717, 1.165) is 5.57 Å². The minimum atomic E-state index is -0.655. The Kier molecular flexibility index (Phi) is 4.82. The molecule has 0 aliphatic carbocycles. The zero-order chi connectivity index (χ0) is 15.2. The number of para-hydroxylation sites is 2. The molecule has 2 atom stereocenters. The summed E-state index contributed by atoms with van der Waals surface area (Å²) >= 11 is 0. The van der Waals surface area contributed by atoms with Gasteiger partial charge in [-0.1, -0.05) is 43.5 Å². The summed E-state index contributed by atoms with van der Waals surface area (Å²) in [5.41, 5.74) is 0.885. The minimum absolute atomic E-state index is 0.172. The molecule has 1 N–H and O–H groups in total. The van der Waals surface area contributed by atoms with Gasteiger partial charge in [0.2, 0.25) is 6.10 Å². The largest absolute Gasteiger partial charge is 0.485 e. The van der Waals surface area contributed by atoms with Crippen molar-refractivity contribution in [3.8, 4) is 11.5 Å². The molecule has 21 heavy (non-hydrogen) atoms. The number of rotatable bonds is 5. The van der Waals surface area contributed by atoms with E-state index >= 15 is 0 Å². The van der Waals surface area contributed by atoms with Gasteiger partial charge in [-0.15, -0.1) is 0 Å². The van der Waals surface area contributed by atoms with Crippen LogP contribution in [0.1, 0.15) is 6.92 Å². The van der Waals surface area contributed by atoms with Gasteiger partial charge in [0.25, 0.3) is 5.91 Å². The molecule has 0 saturated carbocycles. The maximum Gasteiger partial charge on any atom is 0.265 e. The highest BCUT2D eigenvalue weighted by atomic mass is 16.6. The molecule has 4 nitrogen and oxygen atoms in total. The lowest BCUT2D eigenvalue weighted by atomic mass is 10.1. The summed E-state index contributed by atoms with van der Waals surface area (Å²) in [5, 5.41) is 2.88. The average molecular weight is 285 g/mol. The van der Waals surface area contributed by atoms with Gasteiger partial charge in [0.15, 0.2) is 11.5 Å². The van der Waals surface area contributed by atoms with Gasteiger partial charge in [0.05, 0.1) is 6.04 Å². The molecule has 110 valence electrons. The lowest BCUT2D eigenvalue weighted by Gasteiger charge is -2.27. The monoisotopic (exact) mass is 285 g/mol. The van der Waals surface area contributed by atoms with Crippen LogP contribution < -0.4 is 14.8 Å². The maximum absolute atomic E-state index is 12.2. The molecule has 1 heterocycles. The Balaban J connectivity index is 2.00. The Labute approximate surface area is 124 Å². The Morgan fingerprint density at radius 1 is 1.38 bits per heavy atom. The van der Waals surface area contributed by atoms with Crippen LogP contribution in [0.2, 0.25) is 0 Å². The number of hydrogen-bond acceptors (Lipinski definition) is 3. The van der Waals surface area contributed by atoms with E-state index in [-0.39, 0.29) is 18.6 Å². The van der Waals surface area contributed by atoms with Gasteiger partial charge >= 0.3 is 0 Å². The normalized spacial score (nSPS) is 18.5. The topological polar surface area (TPSA) is 47.6 Å². The third-order valence-corrected chi connectivity index (χ3v) is 3.21. The van der Waals surface area contributed by atoms with E-state index < -0.39 is 6.10 Å². The number of benzene rings is 1. The highest BCUT2D eigenvalue weighted by molar-refractivity contribution is 5.82. The number of nitrogens with one attached hydrogen (secondary N) is 1. The standard InChI is InChI=1S/C17H19NO3/c1-4-8-13(5-2)12(3)18-17(19)16-11-20-14-9-6-7-10-15(14)21-16/h4-10,12,16H,1-2,11H2,3H3,(H,18,19)/b13-8+/t12-,16-/m1/s1. The second-order valence-corrected chi connectivity index (χ2v) is 4.70. The van der Waals surface area contributed by atoms with Gasteiger partial charge in [0.1, 0.15) is 6.61 Å². The summed E-state index contributed by atoms with van der Waals surface area (Å²) in [6, 6.07) is 7.13. The molecule has 0 unspecified atom stereocenters. The van der Waals surface area contributed by atoms with E-state index in [1.807, 2.05) is 31.2 Å². The number of amides is 1. The van der Waals surface area contributed by atoms with Crippen LogP contribution in [0, 0.1) is 0 Å². The van der Waals surface area contributed by atoms with Crippen molar-refractivity contribution in [2.45, 2.75) is 19.1 Å². The van der Waals surface area contributed by atoms with Crippen LogP contribution in [-0.2, 0) is 4.79 Å². The fraction of sp³-hybridized carbons (Fsp3) is 0.235. The predicted octanol–water partition coefficient (Wildman–Crippen LogP) is 2.63. The van der Waals surface area contributed by atoms with Gasteiger partial charge in [-0.25, -0.2) is 0 Å². The molecule has 0 aromatic heterocycles. The molecule has 0 saturated heterocycles. The summed E-state index contributed by atoms with van der Waals surface area (Å²) in [7, 11) is 0. The van der Waals surface area contributed by atoms with Gasteiger partial charge in [-0.2, -0.15) is 0 Å². The molecule has 4 heteroatoms. The smallest absolute Gasteiger partial charge is 0.265 e.